The summed E-state index contributed by atoms with van der Waals surface area (Å²) in [5.41, 5.74) is 0. The van der Waals surface area contributed by atoms with Crippen molar-refractivity contribution < 1.29 is 4.48 Å². The number of quaternary nitrogens is 1. The molecule has 2 aromatic rings. The lowest BCUT2D eigenvalue weighted by atomic mass is 10.2. The molecule has 1 aliphatic carbocycles. The maximum atomic E-state index is 4.72. The Morgan fingerprint density at radius 1 is 1.10 bits per heavy atom. The van der Waals surface area contributed by atoms with E-state index in [1.165, 1.54) is 66.1 Å². The van der Waals surface area contributed by atoms with Gasteiger partial charge in [0, 0.05) is 17.2 Å². The van der Waals surface area contributed by atoms with E-state index in [4.69, 9.17) is 4.37 Å². The number of piperidine rings is 1. The van der Waals surface area contributed by atoms with Gasteiger partial charge in [-0.05, 0) is 30.1 Å². The van der Waals surface area contributed by atoms with Gasteiger partial charge in [0.1, 0.15) is 0 Å². The van der Waals surface area contributed by atoms with Gasteiger partial charge in [0.15, 0.2) is 5.82 Å². The molecule has 1 spiro atoms. The minimum Gasteiger partial charge on any atom is -0.344 e. The number of aromatic nitrogens is 1. The topological polar surface area (TPSA) is 16.1 Å². The minimum atomic E-state index is 1.08. The number of benzene rings is 1. The molecule has 0 radical (unpaired) electrons. The van der Waals surface area contributed by atoms with Gasteiger partial charge in [-0.1, -0.05) is 12.1 Å². The highest BCUT2D eigenvalue weighted by Gasteiger charge is 2.55. The molecule has 104 valence electrons. The molecule has 0 amide bonds. The van der Waals surface area contributed by atoms with Crippen LogP contribution in [0.25, 0.3) is 10.1 Å². The SMILES string of the molecule is c1ccc2c(N3CC[N+]4(CC3)CC3C[C@@H]3C4)nsc2c1. The Kier molecular flexibility index (Phi) is 2.28. The predicted octanol–water partition coefficient (Wildman–Crippen LogP) is 2.58. The molecule has 2 atom stereocenters. The zero-order chi connectivity index (χ0) is 13.2. The van der Waals surface area contributed by atoms with Gasteiger partial charge in [-0.15, -0.1) is 0 Å². The van der Waals surface area contributed by atoms with E-state index in [2.05, 4.69) is 29.2 Å². The standard InChI is InChI=1S/C16H20N3S/c1-2-4-15-14(3-1)16(17-20-15)18-5-7-19(8-6-18)10-12-9-13(12)11-19/h1-4,12-13H,5-11H2/q+1/t12-,13?/m1/s1. The smallest absolute Gasteiger partial charge is 0.150 e. The average Bonchev–Trinajstić information content (AvgIpc) is 2.93. The molecule has 1 unspecified atom stereocenters. The number of anilines is 1. The molecule has 2 saturated heterocycles. The van der Waals surface area contributed by atoms with Crippen LogP contribution in [0.15, 0.2) is 24.3 Å². The molecule has 20 heavy (non-hydrogen) atoms. The highest BCUT2D eigenvalue weighted by molar-refractivity contribution is 7.13. The molecule has 4 heteroatoms. The second kappa shape index (κ2) is 3.95. The van der Waals surface area contributed by atoms with Crippen LogP contribution in [0.4, 0.5) is 5.82 Å². The molecule has 5 rings (SSSR count). The lowest BCUT2D eigenvalue weighted by Crippen LogP contribution is -2.59. The normalized spacial score (nSPS) is 30.9. The maximum Gasteiger partial charge on any atom is 0.150 e. The van der Waals surface area contributed by atoms with Crippen molar-refractivity contribution in [1.82, 2.24) is 4.37 Å². The summed E-state index contributed by atoms with van der Waals surface area (Å²) in [6.45, 7) is 7.98. The quantitative estimate of drug-likeness (QED) is 0.749. The van der Waals surface area contributed by atoms with Crippen LogP contribution in [0.3, 0.4) is 0 Å². The summed E-state index contributed by atoms with van der Waals surface area (Å²) in [5, 5.41) is 1.34. The van der Waals surface area contributed by atoms with Crippen molar-refractivity contribution in [3.63, 3.8) is 0 Å². The van der Waals surface area contributed by atoms with Gasteiger partial charge < -0.3 is 9.38 Å². The van der Waals surface area contributed by atoms with Gasteiger partial charge in [-0.3, -0.25) is 0 Å². The van der Waals surface area contributed by atoms with Gasteiger partial charge in [0.25, 0.3) is 0 Å². The van der Waals surface area contributed by atoms with Crippen LogP contribution in [0.2, 0.25) is 0 Å². The molecule has 3 nitrogen and oxygen atoms in total. The first-order valence-corrected chi connectivity index (χ1v) is 8.55. The largest absolute Gasteiger partial charge is 0.344 e. The molecule has 3 fully saturated rings. The molecule has 1 saturated carbocycles. The number of rotatable bonds is 1. The highest BCUT2D eigenvalue weighted by Crippen LogP contribution is 2.49. The monoisotopic (exact) mass is 286 g/mol. The van der Waals surface area contributed by atoms with Crippen molar-refractivity contribution in [2.24, 2.45) is 11.8 Å². The highest BCUT2D eigenvalue weighted by atomic mass is 32.1. The van der Waals surface area contributed by atoms with Crippen LogP contribution < -0.4 is 4.90 Å². The fraction of sp³-hybridized carbons (Fsp3) is 0.562. The van der Waals surface area contributed by atoms with Gasteiger partial charge in [0.2, 0.25) is 0 Å². The fourth-order valence-electron chi connectivity index (χ4n) is 4.39. The molecular formula is C16H20N3S+. The predicted molar refractivity (Wildman–Crippen MR) is 83.2 cm³/mol. The summed E-state index contributed by atoms with van der Waals surface area (Å²) in [4.78, 5) is 2.52. The van der Waals surface area contributed by atoms with E-state index in [-0.39, 0.29) is 0 Å². The maximum absolute atomic E-state index is 4.72. The van der Waals surface area contributed by atoms with Crippen LogP contribution in [0.1, 0.15) is 6.42 Å². The van der Waals surface area contributed by atoms with E-state index in [0.717, 1.165) is 11.8 Å². The number of fused-ring (bicyclic) bond motifs is 2. The lowest BCUT2D eigenvalue weighted by molar-refractivity contribution is -0.922. The van der Waals surface area contributed by atoms with Gasteiger partial charge in [0.05, 0.1) is 44.0 Å². The first-order valence-electron chi connectivity index (χ1n) is 7.77. The summed E-state index contributed by atoms with van der Waals surface area (Å²) >= 11 is 1.64. The van der Waals surface area contributed by atoms with Crippen LogP contribution in [0.5, 0.6) is 0 Å². The van der Waals surface area contributed by atoms with E-state index in [0.29, 0.717) is 0 Å². The molecule has 1 aromatic carbocycles. The Labute approximate surface area is 123 Å². The number of hydrogen-bond acceptors (Lipinski definition) is 3. The van der Waals surface area contributed by atoms with Crippen LogP contribution in [-0.4, -0.2) is 48.1 Å². The van der Waals surface area contributed by atoms with Crippen molar-refractivity contribution in [3.05, 3.63) is 24.3 Å². The van der Waals surface area contributed by atoms with E-state index >= 15 is 0 Å². The second-order valence-corrected chi connectivity index (χ2v) is 7.70. The third-order valence-electron chi connectivity index (χ3n) is 5.66. The minimum absolute atomic E-state index is 1.08. The molecule has 0 N–H and O–H groups in total. The molecular weight excluding hydrogens is 266 g/mol. The van der Waals surface area contributed by atoms with Crippen molar-refractivity contribution in [2.45, 2.75) is 6.42 Å². The Hall–Kier alpha value is -1.13. The third kappa shape index (κ3) is 1.64. The Morgan fingerprint density at radius 2 is 1.85 bits per heavy atom. The van der Waals surface area contributed by atoms with Crippen molar-refractivity contribution >= 4 is 27.4 Å². The van der Waals surface area contributed by atoms with E-state index in [1.54, 1.807) is 11.5 Å². The molecule has 3 aliphatic rings. The van der Waals surface area contributed by atoms with Gasteiger partial charge in [-0.25, -0.2) is 0 Å². The Balaban J connectivity index is 1.38. The number of piperazine rings is 1. The zero-order valence-electron chi connectivity index (χ0n) is 11.7. The van der Waals surface area contributed by atoms with E-state index in [1.807, 2.05) is 0 Å². The molecule has 3 heterocycles. The zero-order valence-corrected chi connectivity index (χ0v) is 12.5. The third-order valence-corrected chi connectivity index (χ3v) is 6.48. The van der Waals surface area contributed by atoms with Crippen molar-refractivity contribution in [2.75, 3.05) is 44.2 Å². The van der Waals surface area contributed by atoms with Gasteiger partial charge >= 0.3 is 0 Å². The van der Waals surface area contributed by atoms with Crippen molar-refractivity contribution in [3.8, 4) is 0 Å². The molecule has 0 bridgehead atoms. The molecule has 2 aliphatic heterocycles. The Morgan fingerprint density at radius 3 is 2.65 bits per heavy atom. The summed E-state index contributed by atoms with van der Waals surface area (Å²) < 4.78 is 7.45. The number of nitrogens with zero attached hydrogens (tertiary/aromatic N) is 3. The van der Waals surface area contributed by atoms with E-state index < -0.39 is 0 Å². The van der Waals surface area contributed by atoms with Crippen LogP contribution in [-0.2, 0) is 0 Å². The summed E-state index contributed by atoms with van der Waals surface area (Å²) in [6, 6.07) is 8.64. The summed E-state index contributed by atoms with van der Waals surface area (Å²) in [5.74, 6) is 3.40. The second-order valence-electron chi connectivity index (χ2n) is 6.90. The Bertz CT molecular complexity index is 645. The first kappa shape index (κ1) is 11.5. The first-order chi connectivity index (χ1) is 9.83. The summed E-state index contributed by atoms with van der Waals surface area (Å²) in [7, 11) is 0. The average molecular weight is 286 g/mol. The van der Waals surface area contributed by atoms with Crippen molar-refractivity contribution in [1.29, 1.82) is 0 Å². The number of hydrogen-bond donors (Lipinski definition) is 0. The lowest BCUT2D eigenvalue weighted by Gasteiger charge is -2.43. The van der Waals surface area contributed by atoms with Crippen LogP contribution in [0, 0.1) is 11.8 Å². The molecule has 1 aromatic heterocycles. The van der Waals surface area contributed by atoms with E-state index in [9.17, 15) is 0 Å². The van der Waals surface area contributed by atoms with Gasteiger partial charge in [-0.2, -0.15) is 4.37 Å². The van der Waals surface area contributed by atoms with Crippen LogP contribution >= 0.6 is 11.5 Å². The summed E-state index contributed by atoms with van der Waals surface area (Å²) in [6.07, 6.45) is 1.53. The fourth-order valence-corrected chi connectivity index (χ4v) is 5.19.